The van der Waals surface area contributed by atoms with Gasteiger partial charge in [0.1, 0.15) is 0 Å². The Morgan fingerprint density at radius 3 is 2.50 bits per heavy atom. The molecule has 0 aliphatic carbocycles. The Labute approximate surface area is 97.4 Å². The third-order valence-electron chi connectivity index (χ3n) is 2.64. The minimum atomic E-state index is -3.43. The van der Waals surface area contributed by atoms with E-state index in [0.717, 1.165) is 25.9 Å². The van der Waals surface area contributed by atoms with Crippen molar-refractivity contribution in [1.82, 2.24) is 14.1 Å². The van der Waals surface area contributed by atoms with E-state index in [1.54, 1.807) is 5.01 Å². The molecule has 0 atom stereocenters. The van der Waals surface area contributed by atoms with E-state index in [0.29, 0.717) is 13.0 Å². The van der Waals surface area contributed by atoms with Gasteiger partial charge in [0.25, 0.3) is 10.2 Å². The maximum atomic E-state index is 11.8. The SMILES string of the molecule is CN(CCCO)S(=O)(=O)NN1CCCCC1. The zero-order valence-corrected chi connectivity index (χ0v) is 10.5. The van der Waals surface area contributed by atoms with Crippen LogP contribution >= 0.6 is 0 Å². The molecule has 7 heteroatoms. The van der Waals surface area contributed by atoms with Crippen LogP contribution in [-0.4, -0.2) is 56.1 Å². The van der Waals surface area contributed by atoms with Gasteiger partial charge in [0.15, 0.2) is 0 Å². The third-order valence-corrected chi connectivity index (χ3v) is 4.13. The molecule has 6 nitrogen and oxygen atoms in total. The Bertz CT molecular complexity index is 288. The minimum Gasteiger partial charge on any atom is -0.396 e. The molecule has 1 fully saturated rings. The number of rotatable bonds is 6. The monoisotopic (exact) mass is 251 g/mol. The summed E-state index contributed by atoms with van der Waals surface area (Å²) in [7, 11) is -1.92. The Morgan fingerprint density at radius 1 is 1.31 bits per heavy atom. The van der Waals surface area contributed by atoms with Crippen LogP contribution in [0, 0.1) is 0 Å². The lowest BCUT2D eigenvalue weighted by molar-refractivity contribution is 0.193. The molecule has 0 spiro atoms. The van der Waals surface area contributed by atoms with Crippen LogP contribution in [0.15, 0.2) is 0 Å². The lowest BCUT2D eigenvalue weighted by atomic mass is 10.2. The summed E-state index contributed by atoms with van der Waals surface area (Å²) in [5.74, 6) is 0. The number of aliphatic hydroxyl groups is 1. The highest BCUT2D eigenvalue weighted by atomic mass is 32.2. The highest BCUT2D eigenvalue weighted by Gasteiger charge is 2.21. The van der Waals surface area contributed by atoms with E-state index in [4.69, 9.17) is 5.11 Å². The first-order valence-corrected chi connectivity index (χ1v) is 7.10. The lowest BCUT2D eigenvalue weighted by Gasteiger charge is -2.28. The predicted octanol–water partition coefficient (Wildman–Crippen LogP) is -0.464. The number of hydrogen-bond acceptors (Lipinski definition) is 4. The molecule has 0 aromatic rings. The third kappa shape index (κ3) is 4.34. The first-order chi connectivity index (χ1) is 7.56. The molecule has 1 saturated heterocycles. The molecule has 0 saturated carbocycles. The van der Waals surface area contributed by atoms with Crippen LogP contribution in [0.2, 0.25) is 0 Å². The summed E-state index contributed by atoms with van der Waals surface area (Å²) in [5, 5.41) is 10.4. The minimum absolute atomic E-state index is 0.00355. The molecule has 0 bridgehead atoms. The second-order valence-corrected chi connectivity index (χ2v) is 5.80. The van der Waals surface area contributed by atoms with Crippen molar-refractivity contribution in [2.24, 2.45) is 0 Å². The smallest absolute Gasteiger partial charge is 0.292 e. The van der Waals surface area contributed by atoms with Crippen molar-refractivity contribution in [3.8, 4) is 0 Å². The van der Waals surface area contributed by atoms with Gasteiger partial charge in [0.05, 0.1) is 0 Å². The first-order valence-electron chi connectivity index (χ1n) is 5.66. The van der Waals surface area contributed by atoms with Crippen LogP contribution in [-0.2, 0) is 10.2 Å². The van der Waals surface area contributed by atoms with Gasteiger partial charge in [-0.15, -0.1) is 4.83 Å². The largest absolute Gasteiger partial charge is 0.396 e. The standard InChI is InChI=1S/C9H21N3O3S/c1-11(6-5-9-13)16(14,15)10-12-7-3-2-4-8-12/h10,13H,2-9H2,1H3. The van der Waals surface area contributed by atoms with Gasteiger partial charge in [-0.2, -0.15) is 12.7 Å². The van der Waals surface area contributed by atoms with E-state index in [1.807, 2.05) is 0 Å². The highest BCUT2D eigenvalue weighted by molar-refractivity contribution is 7.87. The van der Waals surface area contributed by atoms with Gasteiger partial charge in [0, 0.05) is 33.3 Å². The molecule has 0 unspecified atom stereocenters. The van der Waals surface area contributed by atoms with E-state index >= 15 is 0 Å². The molecule has 0 aromatic heterocycles. The first kappa shape index (κ1) is 13.9. The maximum Gasteiger partial charge on any atom is 0.292 e. The molecule has 16 heavy (non-hydrogen) atoms. The topological polar surface area (TPSA) is 72.9 Å². The molecule has 1 heterocycles. The zero-order valence-electron chi connectivity index (χ0n) is 9.72. The van der Waals surface area contributed by atoms with E-state index < -0.39 is 10.2 Å². The number of hydrazine groups is 1. The van der Waals surface area contributed by atoms with Crippen molar-refractivity contribution >= 4 is 10.2 Å². The van der Waals surface area contributed by atoms with Crippen LogP contribution in [0.5, 0.6) is 0 Å². The van der Waals surface area contributed by atoms with Crippen LogP contribution < -0.4 is 4.83 Å². The van der Waals surface area contributed by atoms with E-state index in [9.17, 15) is 8.42 Å². The van der Waals surface area contributed by atoms with E-state index in [2.05, 4.69) is 4.83 Å². The summed E-state index contributed by atoms with van der Waals surface area (Å²) in [4.78, 5) is 2.55. The second kappa shape index (κ2) is 6.51. The van der Waals surface area contributed by atoms with Gasteiger partial charge in [0.2, 0.25) is 0 Å². The molecule has 0 amide bonds. The molecular formula is C9H21N3O3S. The van der Waals surface area contributed by atoms with Crippen molar-refractivity contribution < 1.29 is 13.5 Å². The van der Waals surface area contributed by atoms with Crippen molar-refractivity contribution in [3.05, 3.63) is 0 Å². The molecule has 1 aliphatic heterocycles. The number of piperidine rings is 1. The average molecular weight is 251 g/mol. The van der Waals surface area contributed by atoms with E-state index in [-0.39, 0.29) is 6.61 Å². The number of nitrogens with zero attached hydrogens (tertiary/aromatic N) is 2. The molecule has 1 rings (SSSR count). The number of hydrogen-bond donors (Lipinski definition) is 2. The van der Waals surface area contributed by atoms with Gasteiger partial charge in [-0.1, -0.05) is 6.42 Å². The predicted molar refractivity (Wildman–Crippen MR) is 61.8 cm³/mol. The lowest BCUT2D eigenvalue weighted by Crippen LogP contribution is -2.50. The number of nitrogens with one attached hydrogen (secondary N) is 1. The Morgan fingerprint density at radius 2 is 1.94 bits per heavy atom. The molecule has 0 radical (unpaired) electrons. The zero-order chi connectivity index (χ0) is 12.0. The average Bonchev–Trinajstić information content (AvgIpc) is 2.26. The second-order valence-electron chi connectivity index (χ2n) is 4.04. The van der Waals surface area contributed by atoms with Crippen LogP contribution in [0.25, 0.3) is 0 Å². The van der Waals surface area contributed by atoms with Crippen LogP contribution in [0.3, 0.4) is 0 Å². The summed E-state index contributed by atoms with van der Waals surface area (Å²) in [5.41, 5.74) is 0. The van der Waals surface area contributed by atoms with Gasteiger partial charge < -0.3 is 5.11 Å². The van der Waals surface area contributed by atoms with Crippen LogP contribution in [0.1, 0.15) is 25.7 Å². The fraction of sp³-hybridized carbons (Fsp3) is 1.00. The Hall–Kier alpha value is -0.210. The summed E-state index contributed by atoms with van der Waals surface area (Å²) in [6.45, 7) is 1.88. The molecule has 0 aromatic carbocycles. The Balaban J connectivity index is 2.42. The summed E-state index contributed by atoms with van der Waals surface area (Å²) in [6.07, 6.45) is 3.68. The van der Waals surface area contributed by atoms with Crippen molar-refractivity contribution in [2.75, 3.05) is 33.3 Å². The van der Waals surface area contributed by atoms with Gasteiger partial charge in [-0.3, -0.25) is 0 Å². The molecule has 1 aliphatic rings. The summed E-state index contributed by atoms with van der Waals surface area (Å²) in [6, 6.07) is 0. The van der Waals surface area contributed by atoms with E-state index in [1.165, 1.54) is 17.8 Å². The van der Waals surface area contributed by atoms with Gasteiger partial charge in [-0.25, -0.2) is 5.01 Å². The highest BCUT2D eigenvalue weighted by Crippen LogP contribution is 2.07. The molecular weight excluding hydrogens is 230 g/mol. The van der Waals surface area contributed by atoms with Crippen molar-refractivity contribution in [3.63, 3.8) is 0 Å². The number of aliphatic hydroxyl groups excluding tert-OH is 1. The molecule has 96 valence electrons. The summed E-state index contributed by atoms with van der Waals surface area (Å²) < 4.78 is 24.8. The Kier molecular flexibility index (Phi) is 5.63. The van der Waals surface area contributed by atoms with Crippen LogP contribution in [0.4, 0.5) is 0 Å². The fourth-order valence-corrected chi connectivity index (χ4v) is 2.65. The maximum absolute atomic E-state index is 11.8. The normalized spacial score (nSPS) is 19.2. The van der Waals surface area contributed by atoms with Gasteiger partial charge >= 0.3 is 0 Å². The quantitative estimate of drug-likeness (QED) is 0.670. The summed E-state index contributed by atoms with van der Waals surface area (Å²) >= 11 is 0. The fourth-order valence-electron chi connectivity index (χ4n) is 1.63. The van der Waals surface area contributed by atoms with Crippen molar-refractivity contribution in [1.29, 1.82) is 0 Å². The van der Waals surface area contributed by atoms with Gasteiger partial charge in [-0.05, 0) is 19.3 Å². The molecule has 2 N–H and O–H groups in total. The van der Waals surface area contributed by atoms with Crippen molar-refractivity contribution in [2.45, 2.75) is 25.7 Å².